The van der Waals surface area contributed by atoms with Gasteiger partial charge in [0.1, 0.15) is 0 Å². The number of rotatable bonds is 3. The van der Waals surface area contributed by atoms with E-state index in [-0.39, 0.29) is 11.3 Å². The topological polar surface area (TPSA) is 41.1 Å². The molecule has 104 valence electrons. The van der Waals surface area contributed by atoms with Crippen molar-refractivity contribution in [3.05, 3.63) is 28.2 Å². The molecule has 1 atom stereocenters. The first-order valence-electron chi connectivity index (χ1n) is 6.74. The number of nitrogens with one attached hydrogen (secondary N) is 2. The van der Waals surface area contributed by atoms with Crippen LogP contribution in [0.25, 0.3) is 0 Å². The van der Waals surface area contributed by atoms with Crippen molar-refractivity contribution in [1.29, 1.82) is 0 Å². The maximum absolute atomic E-state index is 12.7. The standard InChI is InChI=1S/C15H21BrN2O/c1-10(2)15(6-7-17-9-15)14(19)18-13-8-11(3)4-5-12(13)16/h4-5,8,10,17H,6-7,9H2,1-3H3,(H,18,19). The second kappa shape index (κ2) is 5.63. The van der Waals surface area contributed by atoms with Crippen molar-refractivity contribution >= 4 is 27.5 Å². The van der Waals surface area contributed by atoms with Crippen molar-refractivity contribution in [2.75, 3.05) is 18.4 Å². The average molecular weight is 325 g/mol. The first-order chi connectivity index (χ1) is 8.95. The summed E-state index contributed by atoms with van der Waals surface area (Å²) in [6, 6.07) is 5.99. The molecule has 3 nitrogen and oxygen atoms in total. The molecule has 19 heavy (non-hydrogen) atoms. The van der Waals surface area contributed by atoms with Gasteiger partial charge in [-0.3, -0.25) is 4.79 Å². The van der Waals surface area contributed by atoms with E-state index in [2.05, 4.69) is 40.4 Å². The molecule has 1 saturated heterocycles. The van der Waals surface area contributed by atoms with E-state index < -0.39 is 0 Å². The average Bonchev–Trinajstić information content (AvgIpc) is 2.84. The molecule has 1 aromatic rings. The van der Waals surface area contributed by atoms with Crippen LogP contribution in [0.2, 0.25) is 0 Å². The Labute approximate surface area is 123 Å². The van der Waals surface area contributed by atoms with Gasteiger partial charge >= 0.3 is 0 Å². The Morgan fingerprint density at radius 2 is 2.21 bits per heavy atom. The third kappa shape index (κ3) is 2.84. The largest absolute Gasteiger partial charge is 0.325 e. The van der Waals surface area contributed by atoms with Gasteiger partial charge in [-0.05, 0) is 59.4 Å². The van der Waals surface area contributed by atoms with E-state index in [4.69, 9.17) is 0 Å². The second-order valence-corrected chi connectivity index (χ2v) is 6.53. The molecule has 1 aliphatic heterocycles. The van der Waals surface area contributed by atoms with Gasteiger partial charge in [0.2, 0.25) is 5.91 Å². The predicted molar refractivity (Wildman–Crippen MR) is 82.3 cm³/mol. The van der Waals surface area contributed by atoms with Crippen molar-refractivity contribution in [3.63, 3.8) is 0 Å². The summed E-state index contributed by atoms with van der Waals surface area (Å²) >= 11 is 3.49. The molecule has 1 aliphatic rings. The smallest absolute Gasteiger partial charge is 0.232 e. The van der Waals surface area contributed by atoms with Gasteiger partial charge in [-0.2, -0.15) is 0 Å². The van der Waals surface area contributed by atoms with Crippen LogP contribution in [0.4, 0.5) is 5.69 Å². The molecule has 2 N–H and O–H groups in total. The number of halogens is 1. The highest BCUT2D eigenvalue weighted by molar-refractivity contribution is 9.10. The fourth-order valence-electron chi connectivity index (χ4n) is 2.64. The normalized spacial score (nSPS) is 22.8. The van der Waals surface area contributed by atoms with Crippen molar-refractivity contribution < 1.29 is 4.79 Å². The Kier molecular flexibility index (Phi) is 4.31. The number of amides is 1. The third-order valence-electron chi connectivity index (χ3n) is 4.12. The van der Waals surface area contributed by atoms with Crippen LogP contribution in [0.15, 0.2) is 22.7 Å². The number of hydrogen-bond donors (Lipinski definition) is 2. The Balaban J connectivity index is 2.22. The molecule has 0 radical (unpaired) electrons. The molecule has 0 saturated carbocycles. The van der Waals surface area contributed by atoms with Crippen LogP contribution in [-0.4, -0.2) is 19.0 Å². The lowest BCUT2D eigenvalue weighted by molar-refractivity contribution is -0.126. The van der Waals surface area contributed by atoms with E-state index in [0.29, 0.717) is 5.92 Å². The Morgan fingerprint density at radius 1 is 1.47 bits per heavy atom. The number of carbonyl (C=O) groups excluding carboxylic acids is 1. The lowest BCUT2D eigenvalue weighted by Gasteiger charge is -2.31. The van der Waals surface area contributed by atoms with E-state index in [1.807, 2.05) is 25.1 Å². The summed E-state index contributed by atoms with van der Waals surface area (Å²) in [6.07, 6.45) is 0.903. The van der Waals surface area contributed by atoms with E-state index in [1.54, 1.807) is 0 Å². The van der Waals surface area contributed by atoms with Gasteiger partial charge < -0.3 is 10.6 Å². The van der Waals surface area contributed by atoms with Crippen LogP contribution in [0, 0.1) is 18.3 Å². The minimum absolute atomic E-state index is 0.124. The number of aryl methyl sites for hydroxylation is 1. The van der Waals surface area contributed by atoms with Crippen molar-refractivity contribution in [3.8, 4) is 0 Å². The van der Waals surface area contributed by atoms with Crippen molar-refractivity contribution in [1.82, 2.24) is 5.32 Å². The van der Waals surface area contributed by atoms with Crippen LogP contribution < -0.4 is 10.6 Å². The molecule has 1 fully saturated rings. The van der Waals surface area contributed by atoms with Crippen LogP contribution in [0.5, 0.6) is 0 Å². The maximum atomic E-state index is 12.7. The van der Waals surface area contributed by atoms with E-state index in [1.165, 1.54) is 0 Å². The fraction of sp³-hybridized carbons (Fsp3) is 0.533. The zero-order valence-electron chi connectivity index (χ0n) is 11.7. The molecule has 0 bridgehead atoms. The van der Waals surface area contributed by atoms with Crippen LogP contribution >= 0.6 is 15.9 Å². The van der Waals surface area contributed by atoms with E-state index in [0.717, 1.165) is 35.2 Å². The molecule has 4 heteroatoms. The zero-order valence-corrected chi connectivity index (χ0v) is 13.3. The van der Waals surface area contributed by atoms with E-state index >= 15 is 0 Å². The molecule has 0 spiro atoms. The van der Waals surface area contributed by atoms with Crippen LogP contribution in [0.3, 0.4) is 0 Å². The molecule has 2 rings (SSSR count). The number of anilines is 1. The lowest BCUT2D eigenvalue weighted by Crippen LogP contribution is -2.42. The summed E-state index contributed by atoms with van der Waals surface area (Å²) < 4.78 is 0.927. The van der Waals surface area contributed by atoms with Crippen molar-refractivity contribution in [2.24, 2.45) is 11.3 Å². The fourth-order valence-corrected chi connectivity index (χ4v) is 2.99. The first-order valence-corrected chi connectivity index (χ1v) is 7.53. The molecule has 0 aliphatic carbocycles. The Hall–Kier alpha value is -0.870. The lowest BCUT2D eigenvalue weighted by atomic mass is 9.75. The molecule has 1 amide bonds. The molecular weight excluding hydrogens is 304 g/mol. The monoisotopic (exact) mass is 324 g/mol. The Morgan fingerprint density at radius 3 is 2.79 bits per heavy atom. The maximum Gasteiger partial charge on any atom is 0.232 e. The predicted octanol–water partition coefficient (Wildman–Crippen LogP) is 3.33. The quantitative estimate of drug-likeness (QED) is 0.895. The van der Waals surface area contributed by atoms with Crippen molar-refractivity contribution in [2.45, 2.75) is 27.2 Å². The first kappa shape index (κ1) is 14.5. The molecular formula is C15H21BrN2O. The minimum Gasteiger partial charge on any atom is -0.325 e. The Bertz CT molecular complexity index is 479. The summed E-state index contributed by atoms with van der Waals surface area (Å²) in [5.41, 5.74) is 1.71. The molecule has 1 heterocycles. The van der Waals surface area contributed by atoms with Gasteiger partial charge in [0.25, 0.3) is 0 Å². The van der Waals surface area contributed by atoms with E-state index in [9.17, 15) is 4.79 Å². The molecule has 1 unspecified atom stereocenters. The summed E-state index contributed by atoms with van der Waals surface area (Å²) in [5, 5.41) is 6.40. The van der Waals surface area contributed by atoms with Gasteiger partial charge in [-0.15, -0.1) is 0 Å². The highest BCUT2D eigenvalue weighted by atomic mass is 79.9. The molecule has 0 aromatic heterocycles. The molecule has 1 aromatic carbocycles. The van der Waals surface area contributed by atoms with Gasteiger partial charge in [-0.25, -0.2) is 0 Å². The van der Waals surface area contributed by atoms with Crippen LogP contribution in [0.1, 0.15) is 25.8 Å². The zero-order chi connectivity index (χ0) is 14.0. The summed E-state index contributed by atoms with van der Waals surface area (Å²) in [7, 11) is 0. The van der Waals surface area contributed by atoms with Gasteiger partial charge in [-0.1, -0.05) is 19.9 Å². The van der Waals surface area contributed by atoms with Gasteiger partial charge in [0.15, 0.2) is 0 Å². The van der Waals surface area contributed by atoms with Crippen LogP contribution in [-0.2, 0) is 4.79 Å². The second-order valence-electron chi connectivity index (χ2n) is 5.68. The number of hydrogen-bond acceptors (Lipinski definition) is 2. The third-order valence-corrected chi connectivity index (χ3v) is 4.81. The minimum atomic E-state index is -0.289. The SMILES string of the molecule is Cc1ccc(Br)c(NC(=O)C2(C(C)C)CCNC2)c1. The summed E-state index contributed by atoms with van der Waals surface area (Å²) in [5.74, 6) is 0.449. The highest BCUT2D eigenvalue weighted by Gasteiger charge is 2.43. The number of carbonyl (C=O) groups is 1. The van der Waals surface area contributed by atoms with Gasteiger partial charge in [0, 0.05) is 11.0 Å². The summed E-state index contributed by atoms with van der Waals surface area (Å²) in [6.45, 7) is 7.95. The number of benzene rings is 1. The summed E-state index contributed by atoms with van der Waals surface area (Å²) in [4.78, 5) is 12.7. The van der Waals surface area contributed by atoms with Gasteiger partial charge in [0.05, 0.1) is 11.1 Å². The highest BCUT2D eigenvalue weighted by Crippen LogP contribution is 2.36.